The molecule has 4 heteroatoms. The molecule has 2 nitrogen and oxygen atoms in total. The van der Waals surface area contributed by atoms with Gasteiger partial charge >= 0.3 is 0 Å². The number of nitrogens with two attached hydrogens (primary N) is 1. The molecule has 88 valence electrons. The van der Waals surface area contributed by atoms with Gasteiger partial charge in [0.15, 0.2) is 0 Å². The van der Waals surface area contributed by atoms with Crippen molar-refractivity contribution in [1.29, 1.82) is 0 Å². The predicted molar refractivity (Wildman–Crippen MR) is 73.7 cm³/mol. The molecule has 0 spiro atoms. The summed E-state index contributed by atoms with van der Waals surface area (Å²) in [6.07, 6.45) is 1.55. The van der Waals surface area contributed by atoms with Crippen LogP contribution < -0.4 is 5.73 Å². The van der Waals surface area contributed by atoms with E-state index < -0.39 is 0 Å². The monoisotopic (exact) mass is 301 g/mol. The number of nitrogen functional groups attached to an aromatic ring is 1. The van der Waals surface area contributed by atoms with Crippen molar-refractivity contribution in [3.63, 3.8) is 0 Å². The van der Waals surface area contributed by atoms with Crippen molar-refractivity contribution in [2.45, 2.75) is 30.5 Å². The SMILES string of the molecule is CC1OCCC1SCc1ccc(Br)c(N)c1. The minimum absolute atomic E-state index is 0.387. The summed E-state index contributed by atoms with van der Waals surface area (Å²) in [6.45, 7) is 3.06. The first-order valence-electron chi connectivity index (χ1n) is 5.44. The van der Waals surface area contributed by atoms with Gasteiger partial charge in [-0.2, -0.15) is 11.8 Å². The van der Waals surface area contributed by atoms with Crippen LogP contribution in [0, 0.1) is 0 Å². The molecule has 0 radical (unpaired) electrons. The van der Waals surface area contributed by atoms with Crippen molar-refractivity contribution >= 4 is 33.4 Å². The number of rotatable bonds is 3. The van der Waals surface area contributed by atoms with Crippen molar-refractivity contribution < 1.29 is 4.74 Å². The number of halogens is 1. The van der Waals surface area contributed by atoms with Crippen LogP contribution in [0.25, 0.3) is 0 Å². The Morgan fingerprint density at radius 3 is 3.00 bits per heavy atom. The minimum Gasteiger partial charge on any atom is -0.398 e. The number of anilines is 1. The molecule has 0 saturated carbocycles. The molecule has 1 aliphatic rings. The van der Waals surface area contributed by atoms with Crippen molar-refractivity contribution in [3.8, 4) is 0 Å². The van der Waals surface area contributed by atoms with Gasteiger partial charge in [0.1, 0.15) is 0 Å². The van der Waals surface area contributed by atoms with Crippen LogP contribution in [-0.4, -0.2) is 18.0 Å². The Morgan fingerprint density at radius 2 is 2.38 bits per heavy atom. The number of ether oxygens (including phenoxy) is 1. The Labute approximate surface area is 109 Å². The Kier molecular flexibility index (Phi) is 4.16. The molecule has 1 aromatic carbocycles. The highest BCUT2D eigenvalue weighted by atomic mass is 79.9. The highest BCUT2D eigenvalue weighted by Gasteiger charge is 2.24. The van der Waals surface area contributed by atoms with Crippen LogP contribution in [0.2, 0.25) is 0 Å². The summed E-state index contributed by atoms with van der Waals surface area (Å²) in [4.78, 5) is 0. The largest absolute Gasteiger partial charge is 0.398 e. The second-order valence-corrected chi connectivity index (χ2v) is 6.15. The van der Waals surface area contributed by atoms with Gasteiger partial charge in [0.05, 0.1) is 6.10 Å². The zero-order chi connectivity index (χ0) is 11.5. The third-order valence-corrected chi connectivity index (χ3v) is 5.10. The van der Waals surface area contributed by atoms with Crippen LogP contribution in [-0.2, 0) is 10.5 Å². The molecule has 0 amide bonds. The number of thioether (sulfide) groups is 1. The van der Waals surface area contributed by atoms with E-state index in [1.54, 1.807) is 0 Å². The maximum absolute atomic E-state index is 5.85. The third kappa shape index (κ3) is 2.93. The molecule has 1 heterocycles. The van der Waals surface area contributed by atoms with Crippen LogP contribution in [0.4, 0.5) is 5.69 Å². The maximum Gasteiger partial charge on any atom is 0.0666 e. The molecule has 0 aromatic heterocycles. The van der Waals surface area contributed by atoms with Crippen LogP contribution in [0.3, 0.4) is 0 Å². The second kappa shape index (κ2) is 5.43. The molecule has 0 aliphatic carbocycles. The van der Waals surface area contributed by atoms with Crippen molar-refractivity contribution in [1.82, 2.24) is 0 Å². The lowest BCUT2D eigenvalue weighted by Gasteiger charge is -2.13. The second-order valence-electron chi connectivity index (χ2n) is 4.07. The van der Waals surface area contributed by atoms with Gasteiger partial charge in [-0.05, 0) is 47.0 Å². The van der Waals surface area contributed by atoms with Gasteiger partial charge in [0.2, 0.25) is 0 Å². The topological polar surface area (TPSA) is 35.2 Å². The van der Waals surface area contributed by atoms with Gasteiger partial charge in [0.25, 0.3) is 0 Å². The maximum atomic E-state index is 5.85. The first-order chi connectivity index (χ1) is 7.66. The molecule has 16 heavy (non-hydrogen) atoms. The molecule has 1 fully saturated rings. The molecule has 1 aliphatic heterocycles. The van der Waals surface area contributed by atoms with E-state index >= 15 is 0 Å². The summed E-state index contributed by atoms with van der Waals surface area (Å²) in [5.41, 5.74) is 7.95. The van der Waals surface area contributed by atoms with Crippen molar-refractivity contribution in [2.24, 2.45) is 0 Å². The average molecular weight is 302 g/mol. The van der Waals surface area contributed by atoms with Crippen LogP contribution in [0.1, 0.15) is 18.9 Å². The zero-order valence-corrected chi connectivity index (χ0v) is 11.7. The summed E-state index contributed by atoms with van der Waals surface area (Å²) in [5.74, 6) is 1.01. The number of hydrogen-bond acceptors (Lipinski definition) is 3. The van der Waals surface area contributed by atoms with E-state index in [0.717, 1.165) is 28.9 Å². The Hall–Kier alpha value is -0.190. The Balaban J connectivity index is 1.91. The first-order valence-corrected chi connectivity index (χ1v) is 7.28. The number of benzene rings is 1. The summed E-state index contributed by atoms with van der Waals surface area (Å²) in [7, 11) is 0. The van der Waals surface area contributed by atoms with E-state index in [9.17, 15) is 0 Å². The van der Waals surface area contributed by atoms with E-state index in [0.29, 0.717) is 11.4 Å². The molecule has 1 aromatic rings. The molecule has 0 bridgehead atoms. The fourth-order valence-electron chi connectivity index (χ4n) is 1.82. The fraction of sp³-hybridized carbons (Fsp3) is 0.500. The minimum atomic E-state index is 0.387. The van der Waals surface area contributed by atoms with Crippen LogP contribution in [0.15, 0.2) is 22.7 Å². The van der Waals surface area contributed by atoms with E-state index in [2.05, 4.69) is 28.9 Å². The van der Waals surface area contributed by atoms with Gasteiger partial charge in [-0.15, -0.1) is 0 Å². The fourth-order valence-corrected chi connectivity index (χ4v) is 3.26. The summed E-state index contributed by atoms with van der Waals surface area (Å²) < 4.78 is 6.51. The third-order valence-electron chi connectivity index (χ3n) is 2.83. The van der Waals surface area contributed by atoms with Gasteiger partial charge in [-0.3, -0.25) is 0 Å². The average Bonchev–Trinajstić information content (AvgIpc) is 2.66. The Morgan fingerprint density at radius 1 is 1.56 bits per heavy atom. The van der Waals surface area contributed by atoms with E-state index in [-0.39, 0.29) is 0 Å². The van der Waals surface area contributed by atoms with Gasteiger partial charge < -0.3 is 10.5 Å². The molecular weight excluding hydrogens is 286 g/mol. The normalized spacial score (nSPS) is 24.9. The molecule has 2 unspecified atom stereocenters. The van der Waals surface area contributed by atoms with Gasteiger partial charge in [-0.25, -0.2) is 0 Å². The predicted octanol–water partition coefficient (Wildman–Crippen LogP) is 3.44. The first kappa shape index (κ1) is 12.3. The van der Waals surface area contributed by atoms with Crippen molar-refractivity contribution in [2.75, 3.05) is 12.3 Å². The highest BCUT2D eigenvalue weighted by Crippen LogP contribution is 2.30. The lowest BCUT2D eigenvalue weighted by molar-refractivity contribution is 0.127. The number of hydrogen-bond donors (Lipinski definition) is 1. The molecule has 2 rings (SSSR count). The highest BCUT2D eigenvalue weighted by molar-refractivity contribution is 9.10. The smallest absolute Gasteiger partial charge is 0.0666 e. The Bertz CT molecular complexity index is 372. The van der Waals surface area contributed by atoms with Gasteiger partial charge in [-0.1, -0.05) is 6.07 Å². The van der Waals surface area contributed by atoms with E-state index in [1.807, 2.05) is 23.9 Å². The quantitative estimate of drug-likeness (QED) is 0.869. The van der Waals surface area contributed by atoms with Crippen molar-refractivity contribution in [3.05, 3.63) is 28.2 Å². The molecule has 2 atom stereocenters. The standard InChI is InChI=1S/C12H16BrNOS/c1-8-12(4-5-15-8)16-7-9-2-3-10(13)11(14)6-9/h2-3,6,8,12H,4-5,7,14H2,1H3. The zero-order valence-electron chi connectivity index (χ0n) is 9.28. The summed E-state index contributed by atoms with van der Waals surface area (Å²) in [6, 6.07) is 6.17. The summed E-state index contributed by atoms with van der Waals surface area (Å²) >= 11 is 5.37. The summed E-state index contributed by atoms with van der Waals surface area (Å²) in [5, 5.41) is 0.630. The molecular formula is C12H16BrNOS. The van der Waals surface area contributed by atoms with E-state index in [4.69, 9.17) is 10.5 Å². The lowest BCUT2D eigenvalue weighted by atomic mass is 10.2. The van der Waals surface area contributed by atoms with Crippen LogP contribution in [0.5, 0.6) is 0 Å². The van der Waals surface area contributed by atoms with Gasteiger partial charge in [0, 0.05) is 27.8 Å². The van der Waals surface area contributed by atoms with Crippen LogP contribution >= 0.6 is 27.7 Å². The van der Waals surface area contributed by atoms with E-state index in [1.165, 1.54) is 5.56 Å². The molecule has 1 saturated heterocycles. The lowest BCUT2D eigenvalue weighted by Crippen LogP contribution is -2.13. The molecule has 2 N–H and O–H groups in total.